The lowest BCUT2D eigenvalue weighted by Crippen LogP contribution is -2.77. The summed E-state index contributed by atoms with van der Waals surface area (Å²) >= 11 is 0. The van der Waals surface area contributed by atoms with Crippen LogP contribution < -0.4 is 20.7 Å². The molecule has 0 aromatic heterocycles. The lowest BCUT2D eigenvalue weighted by molar-refractivity contribution is 1.20. The van der Waals surface area contributed by atoms with Crippen LogP contribution in [0, 0.1) is 0 Å². The molecular formula is C25H20Si. The van der Waals surface area contributed by atoms with Crippen LogP contribution in [0.2, 0.25) is 0 Å². The Balaban J connectivity index is 1.97. The summed E-state index contributed by atoms with van der Waals surface area (Å²) in [5.41, 5.74) is 2.95. The Labute approximate surface area is 155 Å². The minimum Gasteiger partial charge on any atom is -0.0623 e. The molecule has 0 radical (unpaired) electrons. The van der Waals surface area contributed by atoms with Gasteiger partial charge in [-0.3, -0.25) is 0 Å². The normalized spacial score (nSPS) is 14.3. The average Bonchev–Trinajstić information content (AvgIpc) is 2.73. The van der Waals surface area contributed by atoms with Gasteiger partial charge in [-0.25, -0.2) is 0 Å². The predicted molar refractivity (Wildman–Crippen MR) is 113 cm³/mol. The van der Waals surface area contributed by atoms with Gasteiger partial charge in [-0.2, -0.15) is 0 Å². The van der Waals surface area contributed by atoms with E-state index in [1.165, 1.54) is 31.9 Å². The molecular weight excluding hydrogens is 328 g/mol. The van der Waals surface area contributed by atoms with Crippen molar-refractivity contribution >= 4 is 28.8 Å². The van der Waals surface area contributed by atoms with Gasteiger partial charge in [-0.05, 0) is 38.3 Å². The van der Waals surface area contributed by atoms with E-state index in [2.05, 4.69) is 109 Å². The number of hydrogen-bond acceptors (Lipinski definition) is 0. The summed E-state index contributed by atoms with van der Waals surface area (Å²) in [5, 5.41) is 6.00. The highest BCUT2D eigenvalue weighted by molar-refractivity contribution is 7.20. The molecule has 0 saturated heterocycles. The lowest BCUT2D eigenvalue weighted by atomic mass is 10.0. The van der Waals surface area contributed by atoms with E-state index < -0.39 is 8.07 Å². The van der Waals surface area contributed by atoms with Crippen molar-refractivity contribution in [1.29, 1.82) is 0 Å². The van der Waals surface area contributed by atoms with Crippen molar-refractivity contribution in [3.63, 3.8) is 0 Å². The summed E-state index contributed by atoms with van der Waals surface area (Å²) in [6, 6.07) is 40.5. The summed E-state index contributed by atoms with van der Waals surface area (Å²) in [4.78, 5) is 0. The molecule has 0 fully saturated rings. The molecule has 0 amide bonds. The van der Waals surface area contributed by atoms with Crippen molar-refractivity contribution in [2.24, 2.45) is 0 Å². The molecule has 5 rings (SSSR count). The first-order valence-corrected chi connectivity index (χ1v) is 11.2. The first-order chi connectivity index (χ1) is 12.9. The zero-order valence-electron chi connectivity index (χ0n) is 14.6. The predicted octanol–water partition coefficient (Wildman–Crippen LogP) is 2.97. The fourth-order valence-electron chi connectivity index (χ4n) is 4.60. The van der Waals surface area contributed by atoms with E-state index >= 15 is 0 Å². The van der Waals surface area contributed by atoms with Crippen molar-refractivity contribution < 1.29 is 0 Å². The van der Waals surface area contributed by atoms with E-state index in [1.54, 1.807) is 0 Å². The highest BCUT2D eigenvalue weighted by Gasteiger charge is 2.45. The summed E-state index contributed by atoms with van der Waals surface area (Å²) in [6.45, 7) is 0. The van der Waals surface area contributed by atoms with E-state index in [1.807, 2.05) is 0 Å². The molecule has 124 valence electrons. The van der Waals surface area contributed by atoms with Gasteiger partial charge in [0, 0.05) is 0 Å². The first kappa shape index (κ1) is 15.4. The third kappa shape index (κ3) is 2.14. The van der Waals surface area contributed by atoms with Gasteiger partial charge < -0.3 is 0 Å². The second kappa shape index (κ2) is 6.12. The highest BCUT2D eigenvalue weighted by atomic mass is 28.3. The monoisotopic (exact) mass is 348 g/mol. The third-order valence-corrected chi connectivity index (χ3v) is 10.6. The van der Waals surface area contributed by atoms with Gasteiger partial charge in [0.2, 0.25) is 0 Å². The summed E-state index contributed by atoms with van der Waals surface area (Å²) < 4.78 is 0. The Morgan fingerprint density at radius 3 is 1.27 bits per heavy atom. The molecule has 1 heterocycles. The summed E-state index contributed by atoms with van der Waals surface area (Å²) in [5.74, 6) is 0. The zero-order chi connectivity index (χ0) is 17.4. The van der Waals surface area contributed by atoms with E-state index in [0.717, 1.165) is 6.42 Å². The van der Waals surface area contributed by atoms with Gasteiger partial charge in [0.1, 0.15) is 0 Å². The van der Waals surface area contributed by atoms with E-state index in [9.17, 15) is 0 Å². The molecule has 0 atom stereocenters. The van der Waals surface area contributed by atoms with Crippen LogP contribution in [0.4, 0.5) is 0 Å². The van der Waals surface area contributed by atoms with Gasteiger partial charge in [0.25, 0.3) is 0 Å². The van der Waals surface area contributed by atoms with Crippen LogP contribution in [0.15, 0.2) is 109 Å². The zero-order valence-corrected chi connectivity index (χ0v) is 15.6. The van der Waals surface area contributed by atoms with Crippen LogP contribution in [0.5, 0.6) is 0 Å². The van der Waals surface area contributed by atoms with Crippen molar-refractivity contribution in [3.8, 4) is 0 Å². The number of fused-ring (bicyclic) bond motifs is 2. The second-order valence-electron chi connectivity index (χ2n) is 6.97. The van der Waals surface area contributed by atoms with Crippen molar-refractivity contribution in [2.75, 3.05) is 0 Å². The third-order valence-electron chi connectivity index (χ3n) is 5.64. The second-order valence-corrected chi connectivity index (χ2v) is 10.7. The topological polar surface area (TPSA) is 0 Å². The Morgan fingerprint density at radius 1 is 0.423 bits per heavy atom. The van der Waals surface area contributed by atoms with Gasteiger partial charge in [-0.1, -0.05) is 109 Å². The molecule has 0 nitrogen and oxygen atoms in total. The number of benzene rings is 4. The fourth-order valence-corrected chi connectivity index (χ4v) is 9.85. The maximum atomic E-state index is 2.37. The van der Waals surface area contributed by atoms with Gasteiger partial charge in [-0.15, -0.1) is 0 Å². The summed E-state index contributed by atoms with van der Waals surface area (Å²) in [6.07, 6.45) is 1.03. The molecule has 0 unspecified atom stereocenters. The molecule has 26 heavy (non-hydrogen) atoms. The van der Waals surface area contributed by atoms with Gasteiger partial charge >= 0.3 is 0 Å². The molecule has 1 aliphatic heterocycles. The van der Waals surface area contributed by atoms with Crippen molar-refractivity contribution in [2.45, 2.75) is 6.42 Å². The largest absolute Gasteiger partial charge is 0.180 e. The summed E-state index contributed by atoms with van der Waals surface area (Å²) in [7, 11) is -2.28. The smallest absolute Gasteiger partial charge is 0.0623 e. The Morgan fingerprint density at radius 2 is 0.808 bits per heavy atom. The van der Waals surface area contributed by atoms with Crippen molar-refractivity contribution in [3.05, 3.63) is 120 Å². The van der Waals surface area contributed by atoms with Crippen LogP contribution in [0.25, 0.3) is 0 Å². The molecule has 0 spiro atoms. The maximum Gasteiger partial charge on any atom is 0.180 e. The molecule has 1 heteroatoms. The molecule has 0 aliphatic carbocycles. The molecule has 4 aromatic rings. The fraction of sp³-hybridized carbons (Fsp3) is 0.0400. The van der Waals surface area contributed by atoms with Crippen LogP contribution in [0.3, 0.4) is 0 Å². The molecule has 0 bridgehead atoms. The molecule has 0 N–H and O–H groups in total. The Kier molecular flexibility index (Phi) is 3.61. The minimum absolute atomic E-state index is 1.03. The Bertz CT molecular complexity index is 965. The Hall–Kier alpha value is -2.90. The quantitative estimate of drug-likeness (QED) is 0.430. The SMILES string of the molecule is c1ccc([Si]2(c3ccccc3)c3ccccc3Cc3ccccc32)cc1. The van der Waals surface area contributed by atoms with E-state index in [-0.39, 0.29) is 0 Å². The van der Waals surface area contributed by atoms with Crippen LogP contribution in [-0.2, 0) is 6.42 Å². The average molecular weight is 349 g/mol. The molecule has 4 aromatic carbocycles. The standard InChI is InChI=1S/C25H20Si/c1-3-13-22(14-4-1)26(23-15-5-2-6-16-23)24-17-9-7-11-20(24)19-21-12-8-10-18-25(21)26/h1-18H,19H2. The first-order valence-electron chi connectivity index (χ1n) is 9.18. The van der Waals surface area contributed by atoms with Crippen LogP contribution >= 0.6 is 0 Å². The van der Waals surface area contributed by atoms with Crippen LogP contribution in [0.1, 0.15) is 11.1 Å². The van der Waals surface area contributed by atoms with Crippen molar-refractivity contribution in [1.82, 2.24) is 0 Å². The highest BCUT2D eigenvalue weighted by Crippen LogP contribution is 2.20. The van der Waals surface area contributed by atoms with E-state index in [0.29, 0.717) is 0 Å². The maximum absolute atomic E-state index is 2.37. The number of hydrogen-bond donors (Lipinski definition) is 0. The molecule has 0 saturated carbocycles. The van der Waals surface area contributed by atoms with Crippen LogP contribution in [-0.4, -0.2) is 8.07 Å². The molecule has 1 aliphatic rings. The minimum atomic E-state index is -2.28. The lowest BCUT2D eigenvalue weighted by Gasteiger charge is -2.40. The van der Waals surface area contributed by atoms with E-state index in [4.69, 9.17) is 0 Å². The number of rotatable bonds is 2. The van der Waals surface area contributed by atoms with Gasteiger partial charge in [0.05, 0.1) is 0 Å². The van der Waals surface area contributed by atoms with Gasteiger partial charge in [0.15, 0.2) is 8.07 Å².